The van der Waals surface area contributed by atoms with Gasteiger partial charge < -0.3 is 19.4 Å². The van der Waals surface area contributed by atoms with Crippen LogP contribution < -0.4 is 9.80 Å². The van der Waals surface area contributed by atoms with Crippen molar-refractivity contribution in [1.82, 2.24) is 4.90 Å². The van der Waals surface area contributed by atoms with Crippen molar-refractivity contribution in [3.8, 4) is 0 Å². The lowest BCUT2D eigenvalue weighted by Crippen LogP contribution is -2.42. The number of amides is 2. The third kappa shape index (κ3) is 5.22. The first-order valence-corrected chi connectivity index (χ1v) is 10.0. The monoisotopic (exact) mass is 373 g/mol. The van der Waals surface area contributed by atoms with Crippen molar-refractivity contribution in [2.45, 2.75) is 33.1 Å². The van der Waals surface area contributed by atoms with E-state index in [0.29, 0.717) is 39.3 Å². The molecule has 3 rings (SSSR count). The first-order chi connectivity index (χ1) is 13.0. The molecule has 1 aromatic carbocycles. The molecule has 0 aliphatic carbocycles. The van der Waals surface area contributed by atoms with Crippen molar-refractivity contribution in [3.05, 3.63) is 24.3 Å². The van der Waals surface area contributed by atoms with Gasteiger partial charge >= 0.3 is 0 Å². The Labute approximate surface area is 162 Å². The Balaban J connectivity index is 1.59. The molecule has 2 saturated heterocycles. The fourth-order valence-corrected chi connectivity index (χ4v) is 3.76. The molecular weight excluding hydrogens is 342 g/mol. The summed E-state index contributed by atoms with van der Waals surface area (Å²) < 4.78 is 5.29. The first-order valence-electron chi connectivity index (χ1n) is 10.0. The van der Waals surface area contributed by atoms with Gasteiger partial charge in [0.15, 0.2) is 0 Å². The van der Waals surface area contributed by atoms with Crippen LogP contribution in [0, 0.1) is 5.92 Å². The predicted molar refractivity (Wildman–Crippen MR) is 107 cm³/mol. The van der Waals surface area contributed by atoms with Gasteiger partial charge in [0.25, 0.3) is 0 Å². The highest BCUT2D eigenvalue weighted by Gasteiger charge is 2.20. The number of carbonyl (C=O) groups excluding carboxylic acids is 2. The van der Waals surface area contributed by atoms with Crippen molar-refractivity contribution >= 4 is 23.2 Å². The number of rotatable bonds is 5. The van der Waals surface area contributed by atoms with Crippen LogP contribution in [0.5, 0.6) is 0 Å². The molecule has 0 spiro atoms. The molecule has 148 valence electrons. The highest BCUT2D eigenvalue weighted by atomic mass is 16.5. The predicted octanol–water partition coefficient (Wildman–Crippen LogP) is 2.52. The molecule has 0 unspecified atom stereocenters. The van der Waals surface area contributed by atoms with Crippen LogP contribution in [0.3, 0.4) is 0 Å². The Kier molecular flexibility index (Phi) is 6.72. The van der Waals surface area contributed by atoms with Gasteiger partial charge in [0, 0.05) is 57.4 Å². The number of ether oxygens (including phenoxy) is 1. The lowest BCUT2D eigenvalue weighted by molar-refractivity contribution is -0.135. The second-order valence-electron chi connectivity index (χ2n) is 7.60. The van der Waals surface area contributed by atoms with Gasteiger partial charge in [0.05, 0.1) is 13.2 Å². The van der Waals surface area contributed by atoms with E-state index in [2.05, 4.69) is 24.0 Å². The van der Waals surface area contributed by atoms with Crippen LogP contribution in [-0.4, -0.2) is 62.7 Å². The van der Waals surface area contributed by atoms with E-state index in [1.807, 2.05) is 17.0 Å². The van der Waals surface area contributed by atoms with Crippen LogP contribution in [-0.2, 0) is 14.3 Å². The molecule has 2 amide bonds. The Hall–Kier alpha value is -2.08. The molecule has 2 aliphatic heterocycles. The topological polar surface area (TPSA) is 53.1 Å². The van der Waals surface area contributed by atoms with Crippen LogP contribution in [0.25, 0.3) is 0 Å². The second-order valence-corrected chi connectivity index (χ2v) is 7.60. The zero-order valence-electron chi connectivity index (χ0n) is 16.5. The quantitative estimate of drug-likeness (QED) is 0.796. The van der Waals surface area contributed by atoms with E-state index in [1.165, 1.54) is 18.5 Å². The molecule has 6 nitrogen and oxygen atoms in total. The van der Waals surface area contributed by atoms with E-state index in [4.69, 9.17) is 4.74 Å². The van der Waals surface area contributed by atoms with E-state index >= 15 is 0 Å². The molecule has 1 aromatic rings. The SMILES string of the molecule is CC(=O)N(CCC(=O)N1CCOCC1)c1ccc(N2CCC(C)CC2)cc1. The van der Waals surface area contributed by atoms with Crippen molar-refractivity contribution in [3.63, 3.8) is 0 Å². The van der Waals surface area contributed by atoms with Crippen molar-refractivity contribution in [2.75, 3.05) is 55.7 Å². The molecule has 2 fully saturated rings. The number of piperidine rings is 1. The van der Waals surface area contributed by atoms with Gasteiger partial charge in [0.2, 0.25) is 11.8 Å². The normalized spacial score (nSPS) is 18.4. The van der Waals surface area contributed by atoms with E-state index in [1.54, 1.807) is 11.8 Å². The average Bonchev–Trinajstić information content (AvgIpc) is 2.69. The Bertz CT molecular complexity index is 633. The number of hydrogen-bond donors (Lipinski definition) is 0. The van der Waals surface area contributed by atoms with E-state index < -0.39 is 0 Å². The molecule has 0 bridgehead atoms. The highest BCUT2D eigenvalue weighted by molar-refractivity contribution is 5.92. The summed E-state index contributed by atoms with van der Waals surface area (Å²) in [5.41, 5.74) is 2.06. The lowest BCUT2D eigenvalue weighted by atomic mass is 9.99. The van der Waals surface area contributed by atoms with Crippen LogP contribution in [0.4, 0.5) is 11.4 Å². The number of anilines is 2. The third-order valence-electron chi connectivity index (χ3n) is 5.60. The number of benzene rings is 1. The second kappa shape index (κ2) is 9.22. The molecule has 0 saturated carbocycles. The Morgan fingerprint density at radius 3 is 2.30 bits per heavy atom. The highest BCUT2D eigenvalue weighted by Crippen LogP contribution is 2.25. The summed E-state index contributed by atoms with van der Waals surface area (Å²) in [5.74, 6) is 0.852. The Morgan fingerprint density at radius 2 is 1.70 bits per heavy atom. The minimum absolute atomic E-state index is 0.0377. The summed E-state index contributed by atoms with van der Waals surface area (Å²) in [5, 5.41) is 0. The summed E-state index contributed by atoms with van der Waals surface area (Å²) in [7, 11) is 0. The van der Waals surface area contributed by atoms with Crippen LogP contribution in [0.15, 0.2) is 24.3 Å². The Morgan fingerprint density at radius 1 is 1.07 bits per heavy atom. The van der Waals surface area contributed by atoms with Crippen molar-refractivity contribution < 1.29 is 14.3 Å². The van der Waals surface area contributed by atoms with Gasteiger partial charge in [-0.1, -0.05) is 6.92 Å². The summed E-state index contributed by atoms with van der Waals surface area (Å²) >= 11 is 0. The maximum absolute atomic E-state index is 12.4. The average molecular weight is 373 g/mol. The van der Waals surface area contributed by atoms with Crippen LogP contribution in [0.2, 0.25) is 0 Å². The van der Waals surface area contributed by atoms with E-state index in [0.717, 1.165) is 24.7 Å². The van der Waals surface area contributed by atoms with Gasteiger partial charge in [0.1, 0.15) is 0 Å². The minimum atomic E-state index is -0.0377. The van der Waals surface area contributed by atoms with Crippen LogP contribution in [0.1, 0.15) is 33.1 Å². The van der Waals surface area contributed by atoms with E-state index in [-0.39, 0.29) is 11.8 Å². The fraction of sp³-hybridized carbons (Fsp3) is 0.619. The summed E-state index contributed by atoms with van der Waals surface area (Å²) in [4.78, 5) is 30.4. The molecule has 2 heterocycles. The van der Waals surface area contributed by atoms with Gasteiger partial charge in [-0.3, -0.25) is 9.59 Å². The molecule has 0 atom stereocenters. The third-order valence-corrected chi connectivity index (χ3v) is 5.60. The number of nitrogens with zero attached hydrogens (tertiary/aromatic N) is 3. The standard InChI is InChI=1S/C21H31N3O3/c1-17-7-10-22(11-8-17)19-3-5-20(6-4-19)24(18(2)25)12-9-21(26)23-13-15-27-16-14-23/h3-6,17H,7-16H2,1-2H3. The van der Waals surface area contributed by atoms with Crippen molar-refractivity contribution in [2.24, 2.45) is 5.92 Å². The summed E-state index contributed by atoms with van der Waals surface area (Å²) in [6, 6.07) is 8.16. The minimum Gasteiger partial charge on any atom is -0.378 e. The molecular formula is C21H31N3O3. The maximum atomic E-state index is 12.4. The van der Waals surface area contributed by atoms with Crippen molar-refractivity contribution in [1.29, 1.82) is 0 Å². The number of hydrogen-bond acceptors (Lipinski definition) is 4. The maximum Gasteiger partial charge on any atom is 0.224 e. The largest absolute Gasteiger partial charge is 0.378 e. The van der Waals surface area contributed by atoms with Crippen LogP contribution >= 0.6 is 0 Å². The number of morpholine rings is 1. The molecule has 0 radical (unpaired) electrons. The van der Waals surface area contributed by atoms with Gasteiger partial charge in [-0.2, -0.15) is 0 Å². The van der Waals surface area contributed by atoms with E-state index in [9.17, 15) is 9.59 Å². The van der Waals surface area contributed by atoms with Gasteiger partial charge in [-0.15, -0.1) is 0 Å². The van der Waals surface area contributed by atoms with Gasteiger partial charge in [-0.05, 0) is 43.0 Å². The summed E-state index contributed by atoms with van der Waals surface area (Å²) in [6.45, 7) is 8.92. The van der Waals surface area contributed by atoms with Gasteiger partial charge in [-0.25, -0.2) is 0 Å². The molecule has 6 heteroatoms. The molecule has 0 N–H and O–H groups in total. The lowest BCUT2D eigenvalue weighted by Gasteiger charge is -2.32. The number of carbonyl (C=O) groups is 2. The zero-order chi connectivity index (χ0) is 19.2. The fourth-order valence-electron chi connectivity index (χ4n) is 3.76. The smallest absolute Gasteiger partial charge is 0.224 e. The zero-order valence-corrected chi connectivity index (χ0v) is 16.5. The summed E-state index contributed by atoms with van der Waals surface area (Å²) in [6.07, 6.45) is 2.79. The molecule has 27 heavy (non-hydrogen) atoms. The molecule has 0 aromatic heterocycles. The molecule has 2 aliphatic rings. The first kappa shape index (κ1) is 19.7.